The van der Waals surface area contributed by atoms with E-state index in [1.165, 1.54) is 205 Å². The highest BCUT2D eigenvalue weighted by Gasteiger charge is 2.20. The van der Waals surface area contributed by atoms with E-state index in [1.54, 1.807) is 0 Å². The highest BCUT2D eigenvalue weighted by molar-refractivity contribution is 5.76. The Kier molecular flexibility index (Phi) is 54.8. The van der Waals surface area contributed by atoms with Gasteiger partial charge in [-0.2, -0.15) is 0 Å². The number of amides is 1. The Hall–Kier alpha value is -1.91. The minimum absolute atomic E-state index is 0.0482. The first-order chi connectivity index (χ1) is 32.2. The zero-order chi connectivity index (χ0) is 47.0. The van der Waals surface area contributed by atoms with Gasteiger partial charge in [0.05, 0.1) is 18.8 Å². The number of unbranched alkanes of at least 4 members (excludes halogenated alkanes) is 36. The fourth-order valence-corrected chi connectivity index (χ4v) is 8.92. The Morgan fingerprint density at radius 1 is 0.385 bits per heavy atom. The molecule has 0 heterocycles. The Morgan fingerprint density at radius 2 is 0.677 bits per heavy atom. The van der Waals surface area contributed by atoms with Crippen LogP contribution in [0.2, 0.25) is 0 Å². The summed E-state index contributed by atoms with van der Waals surface area (Å²) in [6.45, 7) is 4.26. The van der Waals surface area contributed by atoms with Gasteiger partial charge in [0, 0.05) is 6.42 Å². The maximum absolute atomic E-state index is 12.5. The third kappa shape index (κ3) is 52.9. The van der Waals surface area contributed by atoms with Gasteiger partial charge in [0.15, 0.2) is 0 Å². The third-order valence-corrected chi connectivity index (χ3v) is 13.3. The molecule has 0 bridgehead atoms. The molecule has 65 heavy (non-hydrogen) atoms. The number of hydrogen-bond acceptors (Lipinski definition) is 3. The molecule has 3 N–H and O–H groups in total. The van der Waals surface area contributed by atoms with Crippen molar-refractivity contribution < 1.29 is 15.0 Å². The van der Waals surface area contributed by atoms with Crippen LogP contribution in [-0.2, 0) is 4.79 Å². The minimum Gasteiger partial charge on any atom is -0.394 e. The second-order valence-electron chi connectivity index (χ2n) is 19.7. The number of rotatable bonds is 53. The Balaban J connectivity index is 3.46. The zero-order valence-electron chi connectivity index (χ0n) is 43.8. The molecule has 0 aromatic heterocycles. The van der Waals surface area contributed by atoms with Crippen LogP contribution in [0.25, 0.3) is 0 Å². The summed E-state index contributed by atoms with van der Waals surface area (Å²) in [5.41, 5.74) is 0. The van der Waals surface area contributed by atoms with Crippen LogP contribution in [0.1, 0.15) is 303 Å². The topological polar surface area (TPSA) is 69.6 Å². The number of carbonyl (C=O) groups excluding carboxylic acids is 1. The molecule has 4 heteroatoms. The maximum Gasteiger partial charge on any atom is 0.220 e. The molecule has 0 aliphatic carbocycles. The van der Waals surface area contributed by atoms with E-state index in [9.17, 15) is 15.0 Å². The Labute approximate surface area is 406 Å². The van der Waals surface area contributed by atoms with Gasteiger partial charge in [-0.25, -0.2) is 0 Å². The Bertz CT molecular complexity index is 1070. The van der Waals surface area contributed by atoms with E-state index in [0.717, 1.165) is 70.6 Å². The van der Waals surface area contributed by atoms with E-state index in [0.29, 0.717) is 12.8 Å². The number of hydrogen-bond donors (Lipinski definition) is 3. The van der Waals surface area contributed by atoms with E-state index >= 15 is 0 Å². The highest BCUT2D eigenvalue weighted by Crippen LogP contribution is 2.18. The van der Waals surface area contributed by atoms with Crippen LogP contribution in [0.5, 0.6) is 0 Å². The number of nitrogens with one attached hydrogen (secondary N) is 1. The van der Waals surface area contributed by atoms with Crippen LogP contribution in [-0.4, -0.2) is 34.9 Å². The average molecular weight is 909 g/mol. The van der Waals surface area contributed by atoms with Crippen molar-refractivity contribution in [3.63, 3.8) is 0 Å². The van der Waals surface area contributed by atoms with Crippen LogP contribution >= 0.6 is 0 Å². The molecule has 4 nitrogen and oxygen atoms in total. The summed E-state index contributed by atoms with van der Waals surface area (Å²) in [6, 6.07) is -0.551. The molecular weight excluding hydrogens is 795 g/mol. The van der Waals surface area contributed by atoms with E-state index in [1.807, 2.05) is 0 Å². The number of allylic oxidation sites excluding steroid dienone is 10. The normalized spacial score (nSPS) is 13.2. The second-order valence-corrected chi connectivity index (χ2v) is 19.7. The standard InChI is InChI=1S/C61H113NO3/c1-3-5-7-9-11-13-15-17-19-21-23-25-26-27-28-29-30-31-32-33-34-35-37-38-40-42-44-46-48-50-52-54-56-60(64)59(58-63)62-61(65)57-55-53-51-49-47-45-43-41-39-36-24-22-20-18-16-14-12-10-8-6-4-2/h6,8,12,14,18,20,24,36,41,43,59-60,63-64H,3-5,7,9-11,13,15-17,19,21-23,25-35,37-40,42,44-58H2,1-2H3,(H,62,65)/b8-6-,14-12-,20-18-,36-24-,43-41-. The predicted molar refractivity (Wildman–Crippen MR) is 290 cm³/mol. The molecule has 2 atom stereocenters. The molecule has 0 rings (SSSR count). The smallest absolute Gasteiger partial charge is 0.220 e. The molecule has 0 aromatic rings. The van der Waals surface area contributed by atoms with Crippen LogP contribution in [0.3, 0.4) is 0 Å². The molecule has 2 unspecified atom stereocenters. The van der Waals surface area contributed by atoms with E-state index in [4.69, 9.17) is 0 Å². The summed E-state index contributed by atoms with van der Waals surface area (Å²) in [5, 5.41) is 23.3. The Morgan fingerprint density at radius 3 is 1.02 bits per heavy atom. The maximum atomic E-state index is 12.5. The van der Waals surface area contributed by atoms with E-state index < -0.39 is 12.1 Å². The molecule has 1 amide bonds. The molecule has 0 aliphatic rings. The number of aliphatic hydroxyl groups excluding tert-OH is 2. The fraction of sp³-hybridized carbons (Fsp3) is 0.820. The lowest BCUT2D eigenvalue weighted by atomic mass is 10.0. The molecule has 0 fully saturated rings. The first kappa shape index (κ1) is 63.1. The molecule has 0 saturated heterocycles. The number of aliphatic hydroxyl groups is 2. The van der Waals surface area contributed by atoms with Crippen molar-refractivity contribution in [2.75, 3.05) is 6.61 Å². The van der Waals surface area contributed by atoms with Gasteiger partial charge in [-0.05, 0) is 57.8 Å². The minimum atomic E-state index is -0.673. The van der Waals surface area contributed by atoms with Gasteiger partial charge in [-0.15, -0.1) is 0 Å². The van der Waals surface area contributed by atoms with Gasteiger partial charge in [0.2, 0.25) is 5.91 Å². The average Bonchev–Trinajstić information content (AvgIpc) is 3.31. The predicted octanol–water partition coefficient (Wildman–Crippen LogP) is 19.2. The summed E-state index contributed by atoms with van der Waals surface area (Å²) >= 11 is 0. The van der Waals surface area contributed by atoms with Crippen LogP contribution in [0.4, 0.5) is 0 Å². The molecule has 380 valence electrons. The SMILES string of the molecule is CC/C=C\C/C=C\C/C=C\C/C=C\C/C=C\CCCCCCCC(=O)NC(CO)C(O)CCCCCCCCCCCCCCCCCCCCCCCCCCCCCCCCCC. The molecule has 0 aliphatic heterocycles. The second kappa shape index (κ2) is 56.4. The highest BCUT2D eigenvalue weighted by atomic mass is 16.3. The fourth-order valence-electron chi connectivity index (χ4n) is 8.92. The first-order valence-electron chi connectivity index (χ1n) is 29.0. The van der Waals surface area contributed by atoms with Crippen molar-refractivity contribution in [1.82, 2.24) is 5.32 Å². The van der Waals surface area contributed by atoms with Crippen molar-refractivity contribution >= 4 is 5.91 Å². The van der Waals surface area contributed by atoms with Crippen molar-refractivity contribution in [2.45, 2.75) is 315 Å². The zero-order valence-corrected chi connectivity index (χ0v) is 43.8. The van der Waals surface area contributed by atoms with Crippen LogP contribution < -0.4 is 5.32 Å². The molecule has 0 spiro atoms. The summed E-state index contributed by atoms with van der Waals surface area (Å²) in [5.74, 6) is -0.0482. The number of carbonyl (C=O) groups is 1. The van der Waals surface area contributed by atoms with Crippen LogP contribution in [0.15, 0.2) is 60.8 Å². The van der Waals surface area contributed by atoms with Crippen molar-refractivity contribution in [3.8, 4) is 0 Å². The van der Waals surface area contributed by atoms with Crippen molar-refractivity contribution in [1.29, 1.82) is 0 Å². The summed E-state index contributed by atoms with van der Waals surface area (Å²) < 4.78 is 0. The lowest BCUT2D eigenvalue weighted by Gasteiger charge is -2.22. The van der Waals surface area contributed by atoms with Gasteiger partial charge < -0.3 is 15.5 Å². The lowest BCUT2D eigenvalue weighted by Crippen LogP contribution is -2.45. The summed E-state index contributed by atoms with van der Waals surface area (Å²) in [6.07, 6.45) is 79.4. The summed E-state index contributed by atoms with van der Waals surface area (Å²) in [7, 11) is 0. The van der Waals surface area contributed by atoms with Gasteiger partial charge in [-0.1, -0.05) is 299 Å². The van der Waals surface area contributed by atoms with Gasteiger partial charge in [-0.3, -0.25) is 4.79 Å². The lowest BCUT2D eigenvalue weighted by molar-refractivity contribution is -0.123. The van der Waals surface area contributed by atoms with Gasteiger partial charge in [0.1, 0.15) is 0 Å². The quantitative estimate of drug-likeness (QED) is 0.0421. The molecule has 0 aromatic carbocycles. The van der Waals surface area contributed by atoms with Crippen LogP contribution in [0, 0.1) is 0 Å². The van der Waals surface area contributed by atoms with Gasteiger partial charge in [0.25, 0.3) is 0 Å². The monoisotopic (exact) mass is 908 g/mol. The largest absolute Gasteiger partial charge is 0.394 e. The molecule has 0 radical (unpaired) electrons. The van der Waals surface area contributed by atoms with Crippen molar-refractivity contribution in [2.24, 2.45) is 0 Å². The van der Waals surface area contributed by atoms with E-state index in [-0.39, 0.29) is 12.5 Å². The molecular formula is C61H113NO3. The summed E-state index contributed by atoms with van der Waals surface area (Å²) in [4.78, 5) is 12.5. The van der Waals surface area contributed by atoms with E-state index in [2.05, 4.69) is 79.9 Å². The molecule has 0 saturated carbocycles. The van der Waals surface area contributed by atoms with Gasteiger partial charge >= 0.3 is 0 Å². The van der Waals surface area contributed by atoms with Crippen molar-refractivity contribution in [3.05, 3.63) is 60.8 Å². The first-order valence-corrected chi connectivity index (χ1v) is 29.0. The third-order valence-electron chi connectivity index (χ3n) is 13.3.